The normalized spacial score (nSPS) is 10.4. The summed E-state index contributed by atoms with van der Waals surface area (Å²) < 4.78 is 0. The Morgan fingerprint density at radius 1 is 1.10 bits per heavy atom. The Labute approximate surface area is 121 Å². The van der Waals surface area contributed by atoms with Crippen LogP contribution in [0.5, 0.6) is 0 Å². The molecule has 0 radical (unpaired) electrons. The Morgan fingerprint density at radius 3 is 2.55 bits per heavy atom. The highest BCUT2D eigenvalue weighted by Crippen LogP contribution is 2.34. The number of rotatable bonds is 3. The first kappa shape index (κ1) is 12.6. The summed E-state index contributed by atoms with van der Waals surface area (Å²) in [6, 6.07) is 9.83. The van der Waals surface area contributed by atoms with E-state index in [1.807, 2.05) is 41.5 Å². The van der Waals surface area contributed by atoms with Gasteiger partial charge < -0.3 is 5.73 Å². The molecule has 5 heteroatoms. The molecule has 1 aromatic carbocycles. The number of aryl methyl sites for hydroxylation is 1. The van der Waals surface area contributed by atoms with Crippen LogP contribution in [0, 0.1) is 6.92 Å². The molecule has 0 saturated heterocycles. The van der Waals surface area contributed by atoms with Crippen LogP contribution in [0.25, 0.3) is 0 Å². The van der Waals surface area contributed by atoms with Crippen molar-refractivity contribution < 1.29 is 0 Å². The van der Waals surface area contributed by atoms with E-state index in [0.29, 0.717) is 5.95 Å². The van der Waals surface area contributed by atoms with E-state index in [1.165, 1.54) is 0 Å². The highest BCUT2D eigenvalue weighted by atomic mass is 32.1. The molecule has 0 fully saturated rings. The Balaban J connectivity index is 2.13. The van der Waals surface area contributed by atoms with Crippen LogP contribution in [0.4, 0.5) is 23.0 Å². The van der Waals surface area contributed by atoms with E-state index in [9.17, 15) is 0 Å². The molecule has 0 unspecified atom stereocenters. The van der Waals surface area contributed by atoms with Crippen molar-refractivity contribution in [2.24, 2.45) is 0 Å². The molecule has 4 nitrogen and oxygen atoms in total. The summed E-state index contributed by atoms with van der Waals surface area (Å²) in [5.74, 6) is 0.633. The summed E-state index contributed by atoms with van der Waals surface area (Å²) >= 11 is 1.64. The maximum absolute atomic E-state index is 6.03. The van der Waals surface area contributed by atoms with Gasteiger partial charge in [-0.1, -0.05) is 6.07 Å². The zero-order valence-corrected chi connectivity index (χ0v) is 11.8. The minimum Gasteiger partial charge on any atom is -0.398 e. The van der Waals surface area contributed by atoms with Crippen molar-refractivity contribution in [3.8, 4) is 0 Å². The summed E-state index contributed by atoms with van der Waals surface area (Å²) in [5, 5.41) is 4.09. The largest absolute Gasteiger partial charge is 0.398 e. The van der Waals surface area contributed by atoms with Crippen LogP contribution >= 0.6 is 11.3 Å². The van der Waals surface area contributed by atoms with Crippen molar-refractivity contribution in [2.45, 2.75) is 6.92 Å². The molecule has 0 bridgehead atoms. The summed E-state index contributed by atoms with van der Waals surface area (Å²) in [5.41, 5.74) is 9.84. The lowest BCUT2D eigenvalue weighted by Crippen LogP contribution is -2.12. The van der Waals surface area contributed by atoms with Gasteiger partial charge in [0.05, 0.1) is 11.4 Å². The molecule has 0 amide bonds. The molecule has 2 aromatic heterocycles. The van der Waals surface area contributed by atoms with Gasteiger partial charge in [0.15, 0.2) is 0 Å². The molecule has 3 aromatic rings. The van der Waals surface area contributed by atoms with Crippen molar-refractivity contribution in [1.29, 1.82) is 0 Å². The maximum Gasteiger partial charge on any atom is 0.234 e. The third-order valence-electron chi connectivity index (χ3n) is 3.04. The summed E-state index contributed by atoms with van der Waals surface area (Å²) in [7, 11) is 0. The molecule has 0 aliphatic carbocycles. The lowest BCUT2D eigenvalue weighted by Gasteiger charge is -2.22. The molecule has 0 aliphatic heterocycles. The van der Waals surface area contributed by atoms with Crippen molar-refractivity contribution in [3.05, 3.63) is 59.0 Å². The SMILES string of the molecule is Cc1ccc(N(c2ccsc2)c2ncccn2)cc1N. The number of nitrogen functional groups attached to an aromatic ring is 1. The van der Waals surface area contributed by atoms with Gasteiger partial charge in [0, 0.05) is 23.5 Å². The molecular weight excluding hydrogens is 268 g/mol. The zero-order valence-electron chi connectivity index (χ0n) is 11.0. The first-order chi connectivity index (χ1) is 9.75. The van der Waals surface area contributed by atoms with E-state index in [4.69, 9.17) is 5.73 Å². The van der Waals surface area contributed by atoms with Crippen molar-refractivity contribution in [3.63, 3.8) is 0 Å². The number of hydrogen-bond donors (Lipinski definition) is 1. The molecule has 0 aliphatic rings. The van der Waals surface area contributed by atoms with Crippen molar-refractivity contribution in [1.82, 2.24) is 9.97 Å². The standard InChI is InChI=1S/C15H14N4S/c1-11-3-4-12(9-14(11)16)19(13-5-8-20-10-13)15-17-6-2-7-18-15/h2-10H,16H2,1H3. The molecule has 0 spiro atoms. The summed E-state index contributed by atoms with van der Waals surface area (Å²) in [4.78, 5) is 10.7. The van der Waals surface area contributed by atoms with Gasteiger partial charge in [-0.15, -0.1) is 0 Å². The van der Waals surface area contributed by atoms with Gasteiger partial charge in [-0.25, -0.2) is 9.97 Å². The minimum atomic E-state index is 0.633. The number of nitrogens with zero attached hydrogens (tertiary/aromatic N) is 3. The second kappa shape index (κ2) is 5.30. The average Bonchev–Trinajstić information content (AvgIpc) is 2.98. The van der Waals surface area contributed by atoms with E-state index in [2.05, 4.69) is 15.3 Å². The molecule has 20 heavy (non-hydrogen) atoms. The number of nitrogens with two attached hydrogens (primary N) is 1. The van der Waals surface area contributed by atoms with Crippen LogP contribution in [-0.2, 0) is 0 Å². The van der Waals surface area contributed by atoms with Gasteiger partial charge >= 0.3 is 0 Å². The van der Waals surface area contributed by atoms with Crippen molar-refractivity contribution in [2.75, 3.05) is 10.6 Å². The third-order valence-corrected chi connectivity index (χ3v) is 3.71. The molecule has 100 valence electrons. The Hall–Kier alpha value is -2.40. The highest BCUT2D eigenvalue weighted by Gasteiger charge is 2.15. The lowest BCUT2D eigenvalue weighted by atomic mass is 10.1. The van der Waals surface area contributed by atoms with E-state index in [0.717, 1.165) is 22.6 Å². The fourth-order valence-corrected chi connectivity index (χ4v) is 2.56. The third kappa shape index (κ3) is 2.35. The lowest BCUT2D eigenvalue weighted by molar-refractivity contribution is 1.08. The topological polar surface area (TPSA) is 55.0 Å². The van der Waals surface area contributed by atoms with Gasteiger partial charge in [-0.3, -0.25) is 4.90 Å². The second-order valence-corrected chi connectivity index (χ2v) is 5.19. The van der Waals surface area contributed by atoms with Crippen LogP contribution in [0.15, 0.2) is 53.5 Å². The van der Waals surface area contributed by atoms with E-state index >= 15 is 0 Å². The molecule has 2 heterocycles. The molecule has 3 rings (SSSR count). The predicted molar refractivity (Wildman–Crippen MR) is 83.7 cm³/mol. The monoisotopic (exact) mass is 282 g/mol. The second-order valence-electron chi connectivity index (χ2n) is 4.41. The van der Waals surface area contributed by atoms with E-state index in [-0.39, 0.29) is 0 Å². The fourth-order valence-electron chi connectivity index (χ4n) is 1.94. The minimum absolute atomic E-state index is 0.633. The van der Waals surface area contributed by atoms with Crippen LogP contribution < -0.4 is 10.6 Å². The van der Waals surface area contributed by atoms with Crippen LogP contribution in [0.3, 0.4) is 0 Å². The van der Waals surface area contributed by atoms with Gasteiger partial charge in [-0.05, 0) is 42.1 Å². The highest BCUT2D eigenvalue weighted by molar-refractivity contribution is 7.08. The average molecular weight is 282 g/mol. The molecule has 0 saturated carbocycles. The molecular formula is C15H14N4S. The van der Waals surface area contributed by atoms with Crippen LogP contribution in [-0.4, -0.2) is 9.97 Å². The molecule has 2 N–H and O–H groups in total. The van der Waals surface area contributed by atoms with Crippen LogP contribution in [0.2, 0.25) is 0 Å². The van der Waals surface area contributed by atoms with Gasteiger partial charge in [0.25, 0.3) is 0 Å². The number of anilines is 4. The zero-order chi connectivity index (χ0) is 13.9. The summed E-state index contributed by atoms with van der Waals surface area (Å²) in [6.07, 6.45) is 3.47. The first-order valence-electron chi connectivity index (χ1n) is 6.21. The number of aromatic nitrogens is 2. The van der Waals surface area contributed by atoms with Gasteiger partial charge in [0.2, 0.25) is 5.95 Å². The quantitative estimate of drug-likeness (QED) is 0.740. The summed E-state index contributed by atoms with van der Waals surface area (Å²) in [6.45, 7) is 1.99. The van der Waals surface area contributed by atoms with E-state index < -0.39 is 0 Å². The number of hydrogen-bond acceptors (Lipinski definition) is 5. The first-order valence-corrected chi connectivity index (χ1v) is 7.15. The smallest absolute Gasteiger partial charge is 0.234 e. The fraction of sp³-hybridized carbons (Fsp3) is 0.0667. The number of benzene rings is 1. The van der Waals surface area contributed by atoms with Crippen molar-refractivity contribution >= 4 is 34.3 Å². The number of thiophene rings is 1. The Kier molecular flexibility index (Phi) is 3.35. The van der Waals surface area contributed by atoms with Gasteiger partial charge in [0.1, 0.15) is 0 Å². The van der Waals surface area contributed by atoms with Gasteiger partial charge in [-0.2, -0.15) is 11.3 Å². The Morgan fingerprint density at radius 2 is 1.90 bits per heavy atom. The maximum atomic E-state index is 6.03. The van der Waals surface area contributed by atoms with Crippen LogP contribution in [0.1, 0.15) is 5.56 Å². The predicted octanol–water partition coefficient (Wildman–Crippen LogP) is 3.90. The Bertz CT molecular complexity index is 695. The van der Waals surface area contributed by atoms with E-state index in [1.54, 1.807) is 29.8 Å². The molecule has 0 atom stereocenters.